The molecule has 1 heterocycles. The van der Waals surface area contributed by atoms with E-state index in [0.29, 0.717) is 11.6 Å². The van der Waals surface area contributed by atoms with Gasteiger partial charge in [0, 0.05) is 0 Å². The van der Waals surface area contributed by atoms with Gasteiger partial charge in [0.1, 0.15) is 11.6 Å². The van der Waals surface area contributed by atoms with Crippen LogP contribution in [-0.2, 0) is 6.42 Å². The van der Waals surface area contributed by atoms with E-state index in [2.05, 4.69) is 5.32 Å². The molecule has 0 aliphatic carbocycles. The average Bonchev–Trinajstić information content (AvgIpc) is 2.80. The van der Waals surface area contributed by atoms with Crippen molar-refractivity contribution in [2.75, 3.05) is 6.54 Å². The van der Waals surface area contributed by atoms with Gasteiger partial charge in [-0.1, -0.05) is 24.6 Å². The fourth-order valence-corrected chi connectivity index (χ4v) is 2.29. The van der Waals surface area contributed by atoms with Crippen molar-refractivity contribution in [3.05, 3.63) is 57.7 Å². The summed E-state index contributed by atoms with van der Waals surface area (Å²) in [5.41, 5.74) is 0.935. The SMILES string of the molecule is CCNC(Cc1ccc(F)c(Cl)c1)c1ccc(Cl)o1. The number of likely N-dealkylation sites (N-methyl/N-ethyl adjacent to an activating group) is 1. The molecule has 19 heavy (non-hydrogen) atoms. The van der Waals surface area contributed by atoms with Crippen LogP contribution in [0.5, 0.6) is 0 Å². The van der Waals surface area contributed by atoms with Crippen LogP contribution in [0.25, 0.3) is 0 Å². The molecule has 1 N–H and O–H groups in total. The predicted molar refractivity (Wildman–Crippen MR) is 75.2 cm³/mol. The first-order valence-corrected chi connectivity index (χ1v) is 6.78. The fraction of sp³-hybridized carbons (Fsp3) is 0.286. The summed E-state index contributed by atoms with van der Waals surface area (Å²) < 4.78 is 18.5. The van der Waals surface area contributed by atoms with E-state index in [1.807, 2.05) is 13.0 Å². The van der Waals surface area contributed by atoms with Gasteiger partial charge in [0.2, 0.25) is 0 Å². The van der Waals surface area contributed by atoms with Crippen molar-refractivity contribution in [1.82, 2.24) is 5.32 Å². The summed E-state index contributed by atoms with van der Waals surface area (Å²) in [5, 5.41) is 3.79. The first-order valence-electron chi connectivity index (χ1n) is 6.02. The molecule has 0 aliphatic heterocycles. The molecule has 1 aromatic carbocycles. The van der Waals surface area contributed by atoms with Crippen LogP contribution in [0.3, 0.4) is 0 Å². The molecule has 0 radical (unpaired) electrons. The van der Waals surface area contributed by atoms with Crippen molar-refractivity contribution in [3.63, 3.8) is 0 Å². The lowest BCUT2D eigenvalue weighted by Crippen LogP contribution is -2.22. The summed E-state index contributed by atoms with van der Waals surface area (Å²) in [6.45, 7) is 2.80. The minimum Gasteiger partial charge on any atom is -0.448 e. The van der Waals surface area contributed by atoms with Crippen molar-refractivity contribution >= 4 is 23.2 Å². The van der Waals surface area contributed by atoms with E-state index in [1.54, 1.807) is 18.2 Å². The van der Waals surface area contributed by atoms with Crippen molar-refractivity contribution in [3.8, 4) is 0 Å². The molecule has 102 valence electrons. The van der Waals surface area contributed by atoms with Gasteiger partial charge in [0.15, 0.2) is 5.22 Å². The Morgan fingerprint density at radius 2 is 2.05 bits per heavy atom. The Morgan fingerprint density at radius 1 is 1.26 bits per heavy atom. The van der Waals surface area contributed by atoms with Gasteiger partial charge in [-0.05, 0) is 54.4 Å². The lowest BCUT2D eigenvalue weighted by Gasteiger charge is -2.15. The van der Waals surface area contributed by atoms with Crippen LogP contribution >= 0.6 is 23.2 Å². The van der Waals surface area contributed by atoms with E-state index in [0.717, 1.165) is 17.9 Å². The zero-order valence-electron chi connectivity index (χ0n) is 10.4. The van der Waals surface area contributed by atoms with Gasteiger partial charge >= 0.3 is 0 Å². The minimum absolute atomic E-state index is 0.0148. The number of benzene rings is 1. The zero-order chi connectivity index (χ0) is 13.8. The third-order valence-electron chi connectivity index (χ3n) is 2.81. The normalized spacial score (nSPS) is 12.6. The molecule has 0 aliphatic rings. The Hall–Kier alpha value is -1.03. The highest BCUT2D eigenvalue weighted by molar-refractivity contribution is 6.30. The Balaban J connectivity index is 2.18. The molecule has 0 fully saturated rings. The summed E-state index contributed by atoms with van der Waals surface area (Å²) >= 11 is 11.6. The standard InChI is InChI=1S/C14H14Cl2FNO/c1-2-18-12(13-5-6-14(16)19-13)8-9-3-4-11(17)10(15)7-9/h3-7,12,18H,2,8H2,1H3. The topological polar surface area (TPSA) is 25.2 Å². The Labute approximate surface area is 121 Å². The molecule has 0 spiro atoms. The summed E-state index contributed by atoms with van der Waals surface area (Å²) in [6, 6.07) is 8.25. The van der Waals surface area contributed by atoms with Crippen LogP contribution < -0.4 is 5.32 Å². The molecular weight excluding hydrogens is 288 g/mol. The average molecular weight is 302 g/mol. The summed E-state index contributed by atoms with van der Waals surface area (Å²) in [6.07, 6.45) is 0.650. The molecule has 2 aromatic rings. The van der Waals surface area contributed by atoms with E-state index in [-0.39, 0.29) is 11.1 Å². The van der Waals surface area contributed by atoms with E-state index in [1.165, 1.54) is 6.07 Å². The van der Waals surface area contributed by atoms with E-state index < -0.39 is 5.82 Å². The smallest absolute Gasteiger partial charge is 0.193 e. The zero-order valence-corrected chi connectivity index (χ0v) is 11.9. The molecule has 2 nitrogen and oxygen atoms in total. The predicted octanol–water partition coefficient (Wildman–Crippen LogP) is 4.62. The Morgan fingerprint density at radius 3 is 2.63 bits per heavy atom. The molecule has 0 amide bonds. The lowest BCUT2D eigenvalue weighted by atomic mass is 10.0. The second kappa shape index (κ2) is 6.42. The molecule has 0 bridgehead atoms. The van der Waals surface area contributed by atoms with E-state index in [4.69, 9.17) is 27.6 Å². The Kier molecular flexibility index (Phi) is 4.86. The van der Waals surface area contributed by atoms with Crippen LogP contribution in [0.1, 0.15) is 24.3 Å². The van der Waals surface area contributed by atoms with Gasteiger partial charge in [-0.15, -0.1) is 0 Å². The molecule has 5 heteroatoms. The number of nitrogens with one attached hydrogen (secondary N) is 1. The largest absolute Gasteiger partial charge is 0.448 e. The van der Waals surface area contributed by atoms with Gasteiger partial charge in [-0.3, -0.25) is 0 Å². The maximum Gasteiger partial charge on any atom is 0.193 e. The molecular formula is C14H14Cl2FNO. The van der Waals surface area contributed by atoms with Gasteiger partial charge < -0.3 is 9.73 Å². The van der Waals surface area contributed by atoms with Crippen LogP contribution in [-0.4, -0.2) is 6.54 Å². The van der Waals surface area contributed by atoms with E-state index in [9.17, 15) is 4.39 Å². The van der Waals surface area contributed by atoms with Crippen molar-refractivity contribution in [2.24, 2.45) is 0 Å². The van der Waals surface area contributed by atoms with Crippen molar-refractivity contribution < 1.29 is 8.81 Å². The van der Waals surface area contributed by atoms with Gasteiger partial charge in [-0.2, -0.15) is 0 Å². The number of hydrogen-bond donors (Lipinski definition) is 1. The third kappa shape index (κ3) is 3.72. The van der Waals surface area contributed by atoms with Crippen molar-refractivity contribution in [2.45, 2.75) is 19.4 Å². The van der Waals surface area contributed by atoms with Crippen LogP contribution in [0.15, 0.2) is 34.7 Å². The molecule has 0 saturated heterocycles. The molecule has 0 saturated carbocycles. The highest BCUT2D eigenvalue weighted by Crippen LogP contribution is 2.25. The van der Waals surface area contributed by atoms with E-state index >= 15 is 0 Å². The van der Waals surface area contributed by atoms with Gasteiger partial charge in [0.05, 0.1) is 11.1 Å². The summed E-state index contributed by atoms with van der Waals surface area (Å²) in [7, 11) is 0. The maximum atomic E-state index is 13.1. The van der Waals surface area contributed by atoms with Gasteiger partial charge in [-0.25, -0.2) is 4.39 Å². The number of furan rings is 1. The first kappa shape index (κ1) is 14.4. The first-order chi connectivity index (χ1) is 9.10. The monoisotopic (exact) mass is 301 g/mol. The second-order valence-corrected chi connectivity index (χ2v) is 4.98. The summed E-state index contributed by atoms with van der Waals surface area (Å²) in [5.74, 6) is 0.346. The molecule has 2 rings (SSSR count). The minimum atomic E-state index is -0.411. The quantitative estimate of drug-likeness (QED) is 0.872. The highest BCUT2D eigenvalue weighted by Gasteiger charge is 2.15. The van der Waals surface area contributed by atoms with Crippen molar-refractivity contribution in [1.29, 1.82) is 0 Å². The lowest BCUT2D eigenvalue weighted by molar-refractivity contribution is 0.417. The van der Waals surface area contributed by atoms with Crippen LogP contribution in [0.2, 0.25) is 10.2 Å². The number of hydrogen-bond acceptors (Lipinski definition) is 2. The number of rotatable bonds is 5. The fourth-order valence-electron chi connectivity index (χ4n) is 1.94. The van der Waals surface area contributed by atoms with Crippen LogP contribution in [0, 0.1) is 5.82 Å². The van der Waals surface area contributed by atoms with Crippen LogP contribution in [0.4, 0.5) is 4.39 Å². The highest BCUT2D eigenvalue weighted by atomic mass is 35.5. The summed E-state index contributed by atoms with van der Waals surface area (Å²) in [4.78, 5) is 0. The second-order valence-electron chi connectivity index (χ2n) is 4.20. The Bertz CT molecular complexity index is 556. The molecule has 1 unspecified atom stereocenters. The molecule has 1 atom stereocenters. The molecule has 1 aromatic heterocycles. The van der Waals surface area contributed by atoms with Gasteiger partial charge in [0.25, 0.3) is 0 Å². The maximum absolute atomic E-state index is 13.1. The third-order valence-corrected chi connectivity index (χ3v) is 3.30. The number of halogens is 3.